The molecule has 3 aromatic carbocycles. The third kappa shape index (κ3) is 4.80. The van der Waals surface area contributed by atoms with Crippen molar-refractivity contribution in [3.63, 3.8) is 0 Å². The first-order valence-electron chi connectivity index (χ1n) is 10.2. The van der Waals surface area contributed by atoms with Gasteiger partial charge < -0.3 is 19.5 Å². The van der Waals surface area contributed by atoms with Gasteiger partial charge in [0.1, 0.15) is 33.8 Å². The van der Waals surface area contributed by atoms with Gasteiger partial charge in [-0.25, -0.2) is 14.1 Å². The topological polar surface area (TPSA) is 94.2 Å². The molecule has 3 aromatic rings. The fourth-order valence-electron chi connectivity index (χ4n) is 3.30. The smallest absolute Gasteiger partial charge is 0.343 e. The molecule has 0 spiro atoms. The van der Waals surface area contributed by atoms with Crippen LogP contribution in [0.2, 0.25) is 0 Å². The number of hydrogen-bond donors (Lipinski definition) is 1. The molecule has 0 aromatic heterocycles. The summed E-state index contributed by atoms with van der Waals surface area (Å²) in [5.74, 6) is -1.56. The van der Waals surface area contributed by atoms with Crippen molar-refractivity contribution in [1.29, 1.82) is 0 Å². The van der Waals surface area contributed by atoms with Gasteiger partial charge in [0.2, 0.25) is 0 Å². The van der Waals surface area contributed by atoms with Gasteiger partial charge in [-0.2, -0.15) is 0 Å². The zero-order valence-electron chi connectivity index (χ0n) is 18.5. The molecule has 0 bridgehead atoms. The van der Waals surface area contributed by atoms with Crippen LogP contribution in [0.15, 0.2) is 77.5 Å². The summed E-state index contributed by atoms with van der Waals surface area (Å²) in [6.45, 7) is 0. The molecule has 0 atom stereocenters. The van der Waals surface area contributed by atoms with E-state index in [-0.39, 0.29) is 33.5 Å². The SMILES string of the molecule is COc1ccc(N2C(=O)C(Cl)=C(Nc3ccc(C(=O)Oc4ccc(F)cc4)cc3)C2=O)c(OC)c1. The van der Waals surface area contributed by atoms with E-state index in [2.05, 4.69) is 5.32 Å². The Morgan fingerprint density at radius 2 is 1.54 bits per heavy atom. The Labute approximate surface area is 204 Å². The molecule has 1 aliphatic heterocycles. The van der Waals surface area contributed by atoms with Crippen LogP contribution >= 0.6 is 11.6 Å². The Bertz CT molecular complexity index is 1340. The number of nitrogens with one attached hydrogen (secondary N) is 1. The van der Waals surface area contributed by atoms with Crippen LogP contribution < -0.4 is 24.4 Å². The zero-order chi connectivity index (χ0) is 25.1. The second kappa shape index (κ2) is 9.86. The molecular formula is C25H18ClFN2O6. The van der Waals surface area contributed by atoms with Gasteiger partial charge in [0.25, 0.3) is 11.8 Å². The summed E-state index contributed by atoms with van der Waals surface area (Å²) in [7, 11) is 2.88. The van der Waals surface area contributed by atoms with Crippen LogP contribution in [-0.4, -0.2) is 32.0 Å². The lowest BCUT2D eigenvalue weighted by atomic mass is 10.2. The van der Waals surface area contributed by atoms with Crippen molar-refractivity contribution in [3.05, 3.63) is 88.8 Å². The van der Waals surface area contributed by atoms with Crippen molar-refractivity contribution in [3.8, 4) is 17.2 Å². The van der Waals surface area contributed by atoms with Crippen LogP contribution in [0.5, 0.6) is 17.2 Å². The van der Waals surface area contributed by atoms with Crippen LogP contribution in [0.3, 0.4) is 0 Å². The number of amides is 2. The van der Waals surface area contributed by atoms with Gasteiger partial charge in [-0.3, -0.25) is 9.59 Å². The highest BCUT2D eigenvalue weighted by atomic mass is 35.5. The molecule has 0 unspecified atom stereocenters. The van der Waals surface area contributed by atoms with E-state index < -0.39 is 23.6 Å². The number of halogens is 2. The summed E-state index contributed by atoms with van der Waals surface area (Å²) >= 11 is 6.19. The van der Waals surface area contributed by atoms with Gasteiger partial charge in [0.15, 0.2) is 0 Å². The Morgan fingerprint density at radius 3 is 2.17 bits per heavy atom. The van der Waals surface area contributed by atoms with Gasteiger partial charge in [-0.1, -0.05) is 11.6 Å². The summed E-state index contributed by atoms with van der Waals surface area (Å²) < 4.78 is 28.7. The maximum absolute atomic E-state index is 13.1. The van der Waals surface area contributed by atoms with Crippen molar-refractivity contribution < 1.29 is 33.0 Å². The normalized spacial score (nSPS) is 13.2. The summed E-state index contributed by atoms with van der Waals surface area (Å²) in [4.78, 5) is 39.1. The van der Waals surface area contributed by atoms with E-state index in [1.807, 2.05) is 0 Å². The minimum atomic E-state index is -0.720. The van der Waals surface area contributed by atoms with E-state index >= 15 is 0 Å². The van der Waals surface area contributed by atoms with Crippen LogP contribution in [0.4, 0.5) is 15.8 Å². The minimum absolute atomic E-state index is 0.129. The van der Waals surface area contributed by atoms with Crippen LogP contribution in [0.25, 0.3) is 0 Å². The number of carbonyl (C=O) groups excluding carboxylic acids is 3. The highest BCUT2D eigenvalue weighted by molar-refractivity contribution is 6.53. The van der Waals surface area contributed by atoms with E-state index in [1.54, 1.807) is 12.1 Å². The maximum Gasteiger partial charge on any atom is 0.343 e. The molecular weight excluding hydrogens is 479 g/mol. The minimum Gasteiger partial charge on any atom is -0.497 e. The van der Waals surface area contributed by atoms with Crippen molar-refractivity contribution in [2.75, 3.05) is 24.4 Å². The van der Waals surface area contributed by atoms with E-state index in [0.29, 0.717) is 11.4 Å². The van der Waals surface area contributed by atoms with E-state index in [4.69, 9.17) is 25.8 Å². The Kier molecular flexibility index (Phi) is 6.70. The maximum atomic E-state index is 13.1. The third-order valence-corrected chi connectivity index (χ3v) is 5.42. The number of esters is 1. The number of rotatable bonds is 7. The van der Waals surface area contributed by atoms with Crippen LogP contribution in [-0.2, 0) is 9.59 Å². The van der Waals surface area contributed by atoms with Crippen molar-refractivity contribution >= 4 is 40.8 Å². The molecule has 0 fully saturated rings. The predicted molar refractivity (Wildman–Crippen MR) is 126 cm³/mol. The predicted octanol–water partition coefficient (Wildman–Crippen LogP) is 4.50. The second-order valence-electron chi connectivity index (χ2n) is 7.22. The fourth-order valence-corrected chi connectivity index (χ4v) is 3.51. The molecule has 8 nitrogen and oxygen atoms in total. The number of benzene rings is 3. The molecule has 4 rings (SSSR count). The lowest BCUT2D eigenvalue weighted by Gasteiger charge is -2.18. The van der Waals surface area contributed by atoms with Gasteiger partial charge in [0.05, 0.1) is 25.5 Å². The number of anilines is 2. The lowest BCUT2D eigenvalue weighted by molar-refractivity contribution is -0.120. The first-order chi connectivity index (χ1) is 16.8. The molecule has 1 N–H and O–H groups in total. The highest BCUT2D eigenvalue weighted by Crippen LogP contribution is 2.37. The van der Waals surface area contributed by atoms with Crippen molar-refractivity contribution in [1.82, 2.24) is 0 Å². The van der Waals surface area contributed by atoms with Gasteiger partial charge >= 0.3 is 5.97 Å². The first kappa shape index (κ1) is 23.8. The number of nitrogens with zero attached hydrogens (tertiary/aromatic N) is 1. The first-order valence-corrected chi connectivity index (χ1v) is 10.6. The zero-order valence-corrected chi connectivity index (χ0v) is 19.3. The number of hydrogen-bond acceptors (Lipinski definition) is 7. The number of methoxy groups -OCH3 is 2. The highest BCUT2D eigenvalue weighted by Gasteiger charge is 2.40. The summed E-state index contributed by atoms with van der Waals surface area (Å²) in [5, 5.41) is 2.53. The van der Waals surface area contributed by atoms with Gasteiger partial charge in [-0.05, 0) is 60.7 Å². The third-order valence-electron chi connectivity index (χ3n) is 5.07. The second-order valence-corrected chi connectivity index (χ2v) is 7.60. The fraction of sp³-hybridized carbons (Fsp3) is 0.0800. The number of imide groups is 1. The van der Waals surface area contributed by atoms with Gasteiger partial charge in [0, 0.05) is 11.8 Å². The summed E-state index contributed by atoms with van der Waals surface area (Å²) in [6.07, 6.45) is 0. The summed E-state index contributed by atoms with van der Waals surface area (Å²) in [5.41, 5.74) is 0.702. The standard InChI is InChI=1S/C25H18ClFN2O6/c1-33-18-11-12-19(20(13-18)34-2)29-23(30)21(26)22(24(29)31)28-16-7-3-14(4-8-16)25(32)35-17-9-5-15(27)6-10-17/h3-13,28H,1-2H3. The molecule has 0 aliphatic carbocycles. The molecule has 0 saturated carbocycles. The van der Waals surface area contributed by atoms with E-state index in [0.717, 1.165) is 4.90 Å². The Hall–Kier alpha value is -4.37. The van der Waals surface area contributed by atoms with Crippen LogP contribution in [0, 0.1) is 5.82 Å². The lowest BCUT2D eigenvalue weighted by Crippen LogP contribution is -2.32. The Morgan fingerprint density at radius 1 is 0.886 bits per heavy atom. The van der Waals surface area contributed by atoms with Crippen molar-refractivity contribution in [2.45, 2.75) is 0 Å². The molecule has 35 heavy (non-hydrogen) atoms. The number of carbonyl (C=O) groups is 3. The molecule has 1 aliphatic rings. The number of ether oxygens (including phenoxy) is 3. The van der Waals surface area contributed by atoms with Crippen LogP contribution in [0.1, 0.15) is 10.4 Å². The van der Waals surface area contributed by atoms with E-state index in [9.17, 15) is 18.8 Å². The van der Waals surface area contributed by atoms with Crippen molar-refractivity contribution in [2.24, 2.45) is 0 Å². The average molecular weight is 497 g/mol. The molecule has 10 heteroatoms. The van der Waals surface area contributed by atoms with Gasteiger partial charge in [-0.15, -0.1) is 0 Å². The molecule has 178 valence electrons. The molecule has 0 saturated heterocycles. The van der Waals surface area contributed by atoms with E-state index in [1.165, 1.54) is 68.8 Å². The molecule has 2 amide bonds. The quantitative estimate of drug-likeness (QED) is 0.292. The average Bonchev–Trinajstić information content (AvgIpc) is 3.08. The summed E-state index contributed by atoms with van der Waals surface area (Å²) in [6, 6.07) is 15.6. The largest absolute Gasteiger partial charge is 0.497 e. The molecule has 1 heterocycles. The molecule has 0 radical (unpaired) electrons. The Balaban J connectivity index is 1.50. The monoisotopic (exact) mass is 496 g/mol.